The van der Waals surface area contributed by atoms with Crippen molar-refractivity contribution in [3.63, 3.8) is 0 Å². The van der Waals surface area contributed by atoms with E-state index in [0.717, 1.165) is 25.7 Å². The standard InChI is InChI=1S/C20H41NO2/c1-4-6-8-10-12-14-16-19(23-20(22)18(3)21)17-15-13-11-9-7-5-2/h18-19H,4-17,21H2,1-3H3/t18-/m0/s1. The largest absolute Gasteiger partial charge is 0.461 e. The number of nitrogens with two attached hydrogens (primary N) is 1. The van der Waals surface area contributed by atoms with Gasteiger partial charge in [0.2, 0.25) is 0 Å². The predicted octanol–water partition coefficient (Wildman–Crippen LogP) is 5.75. The van der Waals surface area contributed by atoms with Gasteiger partial charge in [0, 0.05) is 0 Å². The van der Waals surface area contributed by atoms with E-state index in [0.29, 0.717) is 0 Å². The third-order valence-corrected chi connectivity index (χ3v) is 4.41. The van der Waals surface area contributed by atoms with E-state index in [1.807, 2.05) is 0 Å². The Labute approximate surface area is 144 Å². The molecule has 0 spiro atoms. The van der Waals surface area contributed by atoms with E-state index in [-0.39, 0.29) is 12.1 Å². The fourth-order valence-corrected chi connectivity index (χ4v) is 2.84. The third kappa shape index (κ3) is 14.7. The minimum atomic E-state index is -0.508. The summed E-state index contributed by atoms with van der Waals surface area (Å²) in [4.78, 5) is 11.8. The van der Waals surface area contributed by atoms with Gasteiger partial charge in [-0.3, -0.25) is 4.79 Å². The number of hydrogen-bond acceptors (Lipinski definition) is 3. The zero-order valence-corrected chi connectivity index (χ0v) is 15.9. The SMILES string of the molecule is CCCCCCCCC(CCCCCCCC)OC(=O)[C@H](C)N. The molecule has 3 heteroatoms. The molecule has 0 aliphatic rings. The van der Waals surface area contributed by atoms with Crippen LogP contribution in [0.4, 0.5) is 0 Å². The molecule has 0 aromatic carbocycles. The molecular weight excluding hydrogens is 286 g/mol. The molecule has 1 atom stereocenters. The molecule has 0 unspecified atom stereocenters. The smallest absolute Gasteiger partial charge is 0.322 e. The lowest BCUT2D eigenvalue weighted by molar-refractivity contribution is -0.151. The lowest BCUT2D eigenvalue weighted by atomic mass is 10.0. The van der Waals surface area contributed by atoms with Crippen molar-refractivity contribution < 1.29 is 9.53 Å². The molecule has 23 heavy (non-hydrogen) atoms. The van der Waals surface area contributed by atoms with Crippen LogP contribution in [-0.2, 0) is 9.53 Å². The normalized spacial score (nSPS) is 12.6. The van der Waals surface area contributed by atoms with Crippen molar-refractivity contribution in [1.82, 2.24) is 0 Å². The summed E-state index contributed by atoms with van der Waals surface area (Å²) in [5.74, 6) is -0.244. The monoisotopic (exact) mass is 327 g/mol. The average molecular weight is 328 g/mol. The van der Waals surface area contributed by atoms with Crippen molar-refractivity contribution >= 4 is 5.97 Å². The van der Waals surface area contributed by atoms with Crippen LogP contribution in [0.15, 0.2) is 0 Å². The van der Waals surface area contributed by atoms with Crippen LogP contribution in [0.25, 0.3) is 0 Å². The molecule has 0 fully saturated rings. The van der Waals surface area contributed by atoms with Crippen LogP contribution in [0.5, 0.6) is 0 Å². The number of carbonyl (C=O) groups excluding carboxylic acids is 1. The van der Waals surface area contributed by atoms with Gasteiger partial charge in [0.15, 0.2) is 0 Å². The molecular formula is C20H41NO2. The van der Waals surface area contributed by atoms with E-state index in [4.69, 9.17) is 10.5 Å². The first-order chi connectivity index (χ1) is 11.1. The van der Waals surface area contributed by atoms with Crippen LogP contribution in [0.3, 0.4) is 0 Å². The maximum Gasteiger partial charge on any atom is 0.322 e. The zero-order valence-electron chi connectivity index (χ0n) is 15.9. The van der Waals surface area contributed by atoms with Crippen molar-refractivity contribution in [1.29, 1.82) is 0 Å². The lowest BCUT2D eigenvalue weighted by Gasteiger charge is -2.19. The Morgan fingerprint density at radius 3 is 1.57 bits per heavy atom. The number of esters is 1. The topological polar surface area (TPSA) is 52.3 Å². The summed E-state index contributed by atoms with van der Waals surface area (Å²) in [7, 11) is 0. The fraction of sp³-hybridized carbons (Fsp3) is 0.950. The Hall–Kier alpha value is -0.570. The molecule has 138 valence electrons. The van der Waals surface area contributed by atoms with Crippen molar-refractivity contribution in [3.8, 4) is 0 Å². The average Bonchev–Trinajstić information content (AvgIpc) is 2.53. The summed E-state index contributed by atoms with van der Waals surface area (Å²) in [5.41, 5.74) is 5.63. The second-order valence-electron chi connectivity index (χ2n) is 6.96. The summed E-state index contributed by atoms with van der Waals surface area (Å²) < 4.78 is 5.60. The van der Waals surface area contributed by atoms with Crippen LogP contribution in [0, 0.1) is 0 Å². The molecule has 0 aliphatic heterocycles. The molecule has 0 saturated carbocycles. The Bertz CT molecular complexity index is 250. The molecule has 0 aliphatic carbocycles. The van der Waals surface area contributed by atoms with Crippen LogP contribution in [-0.4, -0.2) is 18.1 Å². The van der Waals surface area contributed by atoms with Gasteiger partial charge in [0.05, 0.1) is 0 Å². The number of rotatable bonds is 16. The summed E-state index contributed by atoms with van der Waals surface area (Å²) in [6, 6.07) is -0.508. The van der Waals surface area contributed by atoms with E-state index in [1.54, 1.807) is 6.92 Å². The predicted molar refractivity (Wildman–Crippen MR) is 99.5 cm³/mol. The minimum Gasteiger partial charge on any atom is -0.461 e. The first-order valence-corrected chi connectivity index (χ1v) is 10.1. The molecule has 0 bridgehead atoms. The number of ether oxygens (including phenoxy) is 1. The van der Waals surface area contributed by atoms with Gasteiger partial charge >= 0.3 is 5.97 Å². The first kappa shape index (κ1) is 22.4. The second kappa shape index (κ2) is 16.3. The van der Waals surface area contributed by atoms with E-state index >= 15 is 0 Å². The van der Waals surface area contributed by atoms with Gasteiger partial charge in [-0.15, -0.1) is 0 Å². The highest BCUT2D eigenvalue weighted by molar-refractivity contribution is 5.75. The highest BCUT2D eigenvalue weighted by Gasteiger charge is 2.16. The summed E-state index contributed by atoms with van der Waals surface area (Å²) >= 11 is 0. The molecule has 0 heterocycles. The number of carbonyl (C=O) groups is 1. The molecule has 0 saturated heterocycles. The Balaban J connectivity index is 3.91. The molecule has 0 aromatic heterocycles. The van der Waals surface area contributed by atoms with Crippen molar-refractivity contribution in [2.75, 3.05) is 0 Å². The molecule has 0 amide bonds. The van der Waals surface area contributed by atoms with E-state index in [9.17, 15) is 4.79 Å². The maximum absolute atomic E-state index is 11.8. The van der Waals surface area contributed by atoms with Crippen LogP contribution in [0.2, 0.25) is 0 Å². The van der Waals surface area contributed by atoms with Crippen molar-refractivity contribution in [3.05, 3.63) is 0 Å². The van der Waals surface area contributed by atoms with Gasteiger partial charge in [0.1, 0.15) is 12.1 Å². The first-order valence-electron chi connectivity index (χ1n) is 10.1. The minimum absolute atomic E-state index is 0.0749. The molecule has 0 rings (SSSR count). The maximum atomic E-state index is 11.8. The van der Waals surface area contributed by atoms with Crippen molar-refractivity contribution in [2.45, 2.75) is 123 Å². The van der Waals surface area contributed by atoms with E-state index in [2.05, 4.69) is 13.8 Å². The fourth-order valence-electron chi connectivity index (χ4n) is 2.84. The molecule has 0 aromatic rings. The third-order valence-electron chi connectivity index (χ3n) is 4.41. The van der Waals surface area contributed by atoms with Gasteiger partial charge in [-0.25, -0.2) is 0 Å². The van der Waals surface area contributed by atoms with Gasteiger partial charge < -0.3 is 10.5 Å². The Kier molecular flexibility index (Phi) is 15.9. The van der Waals surface area contributed by atoms with Crippen molar-refractivity contribution in [2.24, 2.45) is 5.73 Å². The molecule has 3 nitrogen and oxygen atoms in total. The number of hydrogen-bond donors (Lipinski definition) is 1. The zero-order chi connectivity index (χ0) is 17.3. The lowest BCUT2D eigenvalue weighted by Crippen LogP contribution is -2.32. The van der Waals surface area contributed by atoms with Crippen LogP contribution in [0.1, 0.15) is 111 Å². The van der Waals surface area contributed by atoms with Gasteiger partial charge in [-0.2, -0.15) is 0 Å². The number of unbranched alkanes of at least 4 members (excludes halogenated alkanes) is 10. The summed E-state index contributed by atoms with van der Waals surface area (Å²) in [5, 5.41) is 0. The molecule has 2 N–H and O–H groups in total. The van der Waals surface area contributed by atoms with Gasteiger partial charge in [-0.1, -0.05) is 78.1 Å². The van der Waals surface area contributed by atoms with E-state index < -0.39 is 6.04 Å². The van der Waals surface area contributed by atoms with Crippen LogP contribution >= 0.6 is 0 Å². The molecule has 0 radical (unpaired) electrons. The Morgan fingerprint density at radius 1 is 0.783 bits per heavy atom. The van der Waals surface area contributed by atoms with Gasteiger partial charge in [-0.05, 0) is 32.6 Å². The highest BCUT2D eigenvalue weighted by atomic mass is 16.5. The van der Waals surface area contributed by atoms with Crippen LogP contribution < -0.4 is 5.73 Å². The highest BCUT2D eigenvalue weighted by Crippen LogP contribution is 2.17. The van der Waals surface area contributed by atoms with Gasteiger partial charge in [0.25, 0.3) is 0 Å². The summed E-state index contributed by atoms with van der Waals surface area (Å²) in [6.45, 7) is 6.18. The Morgan fingerprint density at radius 2 is 1.17 bits per heavy atom. The summed E-state index contributed by atoms with van der Waals surface area (Å²) in [6.07, 6.45) is 17.4. The van der Waals surface area contributed by atoms with E-state index in [1.165, 1.54) is 64.2 Å². The quantitative estimate of drug-likeness (QED) is 0.290. The second-order valence-corrected chi connectivity index (χ2v) is 6.96.